The minimum Gasteiger partial charge on any atom is -0.463 e. The molecule has 0 fully saturated rings. The van der Waals surface area contributed by atoms with E-state index in [1.54, 1.807) is 25.1 Å². The number of ketones is 1. The summed E-state index contributed by atoms with van der Waals surface area (Å²) in [7, 11) is 1.52. The minimum absolute atomic E-state index is 0.00507. The Morgan fingerprint density at radius 1 is 1.06 bits per heavy atom. The molecule has 2 aromatic carbocycles. The maximum atomic E-state index is 14.9. The fourth-order valence-electron chi connectivity index (χ4n) is 4.70. The van der Waals surface area contributed by atoms with Gasteiger partial charge in [-0.05, 0) is 36.5 Å². The highest BCUT2D eigenvalue weighted by atomic mass is 19.1. The molecule has 4 rings (SSSR count). The van der Waals surface area contributed by atoms with Crippen LogP contribution in [0, 0.1) is 11.7 Å². The van der Waals surface area contributed by atoms with Crippen LogP contribution in [0.1, 0.15) is 42.7 Å². The molecule has 5 nitrogen and oxygen atoms in total. The summed E-state index contributed by atoms with van der Waals surface area (Å²) in [6.07, 6.45) is 0.868. The lowest BCUT2D eigenvalue weighted by Gasteiger charge is -2.36. The van der Waals surface area contributed by atoms with E-state index in [0.29, 0.717) is 35.4 Å². The average Bonchev–Trinajstić information content (AvgIpc) is 2.79. The first kappa shape index (κ1) is 22.1. The van der Waals surface area contributed by atoms with Crippen LogP contribution in [0.2, 0.25) is 0 Å². The number of halogens is 1. The van der Waals surface area contributed by atoms with Crippen molar-refractivity contribution in [2.75, 3.05) is 20.3 Å². The number of carbonyl (C=O) groups excluding carboxylic acids is 2. The second kappa shape index (κ2) is 9.57. The van der Waals surface area contributed by atoms with Crippen molar-refractivity contribution in [2.24, 2.45) is 10.9 Å². The van der Waals surface area contributed by atoms with Crippen molar-refractivity contribution in [1.82, 2.24) is 0 Å². The molecule has 0 saturated carbocycles. The molecule has 1 aliphatic carbocycles. The summed E-state index contributed by atoms with van der Waals surface area (Å²) in [5.74, 6) is -2.69. The van der Waals surface area contributed by atoms with Crippen LogP contribution in [0.15, 0.2) is 70.9 Å². The molecule has 0 radical (unpaired) electrons. The first-order valence-corrected chi connectivity index (χ1v) is 10.8. The predicted octanol–water partition coefficient (Wildman–Crippen LogP) is 4.59. The fourth-order valence-corrected chi connectivity index (χ4v) is 4.70. The molecule has 0 aromatic heterocycles. The Hall–Kier alpha value is -3.12. The number of carbonyl (C=O) groups is 2. The number of esters is 1. The maximum absolute atomic E-state index is 14.9. The van der Waals surface area contributed by atoms with E-state index in [-0.39, 0.29) is 24.9 Å². The topological polar surface area (TPSA) is 65.0 Å². The van der Waals surface area contributed by atoms with Gasteiger partial charge in [0.2, 0.25) is 0 Å². The third kappa shape index (κ3) is 4.28. The minimum atomic E-state index is -0.861. The largest absolute Gasteiger partial charge is 0.463 e. The summed E-state index contributed by atoms with van der Waals surface area (Å²) < 4.78 is 25.3. The van der Waals surface area contributed by atoms with Gasteiger partial charge in [-0.2, -0.15) is 0 Å². The van der Waals surface area contributed by atoms with Gasteiger partial charge in [0.25, 0.3) is 0 Å². The number of benzene rings is 2. The van der Waals surface area contributed by atoms with Crippen molar-refractivity contribution in [1.29, 1.82) is 0 Å². The number of rotatable bonds is 6. The van der Waals surface area contributed by atoms with Gasteiger partial charge in [-0.3, -0.25) is 14.6 Å². The third-order valence-electron chi connectivity index (χ3n) is 6.19. The number of hydrogen-bond donors (Lipinski definition) is 0. The molecule has 1 aliphatic heterocycles. The number of nitrogens with zero attached hydrogens (tertiary/aromatic N) is 1. The van der Waals surface area contributed by atoms with E-state index in [1.807, 2.05) is 30.3 Å². The monoisotopic (exact) mass is 435 g/mol. The molecule has 2 aliphatic rings. The second-order valence-corrected chi connectivity index (χ2v) is 8.19. The zero-order chi connectivity index (χ0) is 22.7. The Morgan fingerprint density at radius 3 is 2.50 bits per heavy atom. The summed E-state index contributed by atoms with van der Waals surface area (Å²) in [5.41, 5.74) is 2.99. The first-order valence-electron chi connectivity index (χ1n) is 10.8. The number of methoxy groups -OCH3 is 1. The Balaban J connectivity index is 1.76. The molecule has 166 valence electrons. The van der Waals surface area contributed by atoms with Crippen molar-refractivity contribution in [3.05, 3.63) is 82.8 Å². The van der Waals surface area contributed by atoms with Crippen LogP contribution in [0.5, 0.6) is 0 Å². The lowest BCUT2D eigenvalue weighted by molar-refractivity contribution is -0.147. The summed E-state index contributed by atoms with van der Waals surface area (Å²) >= 11 is 0. The zero-order valence-electron chi connectivity index (χ0n) is 18.2. The van der Waals surface area contributed by atoms with E-state index < -0.39 is 23.6 Å². The number of hydrogen-bond acceptors (Lipinski definition) is 5. The summed E-state index contributed by atoms with van der Waals surface area (Å²) in [4.78, 5) is 31.1. The number of aliphatic imine (C=N–C) groups is 1. The molecule has 3 atom stereocenters. The lowest BCUT2D eigenvalue weighted by Crippen LogP contribution is -2.38. The Kier molecular flexibility index (Phi) is 6.61. The predicted molar refractivity (Wildman–Crippen MR) is 119 cm³/mol. The molecule has 0 N–H and O–H groups in total. The fraction of sp³-hybridized carbons (Fsp3) is 0.346. The van der Waals surface area contributed by atoms with Gasteiger partial charge in [0.15, 0.2) is 5.78 Å². The van der Waals surface area contributed by atoms with Crippen LogP contribution in [-0.4, -0.2) is 37.8 Å². The summed E-state index contributed by atoms with van der Waals surface area (Å²) in [6, 6.07) is 16.2. The van der Waals surface area contributed by atoms with Gasteiger partial charge < -0.3 is 9.47 Å². The van der Waals surface area contributed by atoms with Crippen LogP contribution in [0.4, 0.5) is 4.39 Å². The van der Waals surface area contributed by atoms with Gasteiger partial charge in [-0.1, -0.05) is 48.5 Å². The molecular weight excluding hydrogens is 409 g/mol. The Morgan fingerprint density at radius 2 is 1.78 bits per heavy atom. The summed E-state index contributed by atoms with van der Waals surface area (Å²) in [6.45, 7) is 2.08. The van der Waals surface area contributed by atoms with E-state index in [1.165, 1.54) is 13.2 Å². The SMILES string of the molecule is COCCOC(=O)C1C(C)=NC2=C(C(=O)CC(c3ccccc3)C2)C1c1ccccc1F. The quantitative estimate of drug-likeness (QED) is 0.492. The van der Waals surface area contributed by atoms with E-state index in [9.17, 15) is 14.0 Å². The molecule has 6 heteroatoms. The summed E-state index contributed by atoms with van der Waals surface area (Å²) in [5, 5.41) is 0. The lowest BCUT2D eigenvalue weighted by atomic mass is 9.69. The Labute approximate surface area is 187 Å². The molecule has 1 heterocycles. The van der Waals surface area contributed by atoms with Crippen LogP contribution in [0.25, 0.3) is 0 Å². The van der Waals surface area contributed by atoms with Gasteiger partial charge in [0.05, 0.1) is 6.61 Å². The van der Waals surface area contributed by atoms with Crippen molar-refractivity contribution in [3.8, 4) is 0 Å². The van der Waals surface area contributed by atoms with Crippen LogP contribution >= 0.6 is 0 Å². The molecule has 3 unspecified atom stereocenters. The smallest absolute Gasteiger partial charge is 0.315 e. The van der Waals surface area contributed by atoms with Crippen molar-refractivity contribution < 1.29 is 23.5 Å². The number of ether oxygens (including phenoxy) is 2. The molecule has 0 bridgehead atoms. The van der Waals surface area contributed by atoms with Gasteiger partial charge in [0.1, 0.15) is 18.3 Å². The van der Waals surface area contributed by atoms with Crippen molar-refractivity contribution in [3.63, 3.8) is 0 Å². The molecule has 32 heavy (non-hydrogen) atoms. The first-order chi connectivity index (χ1) is 15.5. The highest BCUT2D eigenvalue weighted by Crippen LogP contribution is 2.47. The molecule has 0 saturated heterocycles. The normalized spacial score (nSPS) is 22.9. The van der Waals surface area contributed by atoms with Crippen molar-refractivity contribution in [2.45, 2.75) is 31.6 Å². The van der Waals surface area contributed by atoms with Crippen LogP contribution in [-0.2, 0) is 19.1 Å². The molecule has 2 aromatic rings. The standard InChI is InChI=1S/C26H26FNO4/c1-16-23(26(30)32-13-12-31-2)24(19-10-6-7-11-20(19)27)25-21(28-16)14-18(15-22(25)29)17-8-4-3-5-9-17/h3-11,18,23-24H,12-15H2,1-2H3. The van der Waals surface area contributed by atoms with Gasteiger partial charge in [-0.15, -0.1) is 0 Å². The third-order valence-corrected chi connectivity index (χ3v) is 6.19. The highest BCUT2D eigenvalue weighted by molar-refractivity contribution is 6.09. The number of Topliss-reactive ketones (excluding diaryl/α,β-unsaturated/α-hetero) is 1. The van der Waals surface area contributed by atoms with Gasteiger partial charge in [-0.25, -0.2) is 4.39 Å². The highest BCUT2D eigenvalue weighted by Gasteiger charge is 2.45. The second-order valence-electron chi connectivity index (χ2n) is 8.19. The maximum Gasteiger partial charge on any atom is 0.315 e. The van der Waals surface area contributed by atoms with Gasteiger partial charge in [0, 0.05) is 36.4 Å². The molecule has 0 amide bonds. The number of allylic oxidation sites excluding steroid dienone is 2. The van der Waals surface area contributed by atoms with Crippen molar-refractivity contribution >= 4 is 17.5 Å². The zero-order valence-corrected chi connectivity index (χ0v) is 18.2. The van der Waals surface area contributed by atoms with Crippen LogP contribution < -0.4 is 0 Å². The van der Waals surface area contributed by atoms with Crippen LogP contribution in [0.3, 0.4) is 0 Å². The van der Waals surface area contributed by atoms with E-state index >= 15 is 0 Å². The Bertz CT molecular complexity index is 1080. The van der Waals surface area contributed by atoms with E-state index in [0.717, 1.165) is 5.56 Å². The molecular formula is C26H26FNO4. The van der Waals surface area contributed by atoms with E-state index in [2.05, 4.69) is 4.99 Å². The molecule has 0 spiro atoms. The average molecular weight is 435 g/mol. The van der Waals surface area contributed by atoms with E-state index in [4.69, 9.17) is 9.47 Å². The van der Waals surface area contributed by atoms with Gasteiger partial charge >= 0.3 is 5.97 Å².